The number of hydrogen-bond acceptors (Lipinski definition) is 5. The van der Waals surface area contributed by atoms with E-state index in [2.05, 4.69) is 0 Å². The molecule has 3 rings (SSSR count). The van der Waals surface area contributed by atoms with Crippen LogP contribution in [0, 0.1) is 11.8 Å². The first-order valence-corrected chi connectivity index (χ1v) is 8.60. The van der Waals surface area contributed by atoms with Crippen molar-refractivity contribution < 1.29 is 24.2 Å². The number of carbonyl (C=O) groups excluding carboxylic acids is 2. The maximum Gasteiger partial charge on any atom is 0.324 e. The summed E-state index contributed by atoms with van der Waals surface area (Å²) in [4.78, 5) is 36.1. The number of aliphatic carboxylic acids is 1. The van der Waals surface area contributed by atoms with Crippen molar-refractivity contribution in [2.45, 2.75) is 31.9 Å². The van der Waals surface area contributed by atoms with Crippen LogP contribution in [0.3, 0.4) is 0 Å². The van der Waals surface area contributed by atoms with Crippen LogP contribution in [-0.2, 0) is 14.3 Å². The third kappa shape index (κ3) is 3.32. The third-order valence-electron chi connectivity index (χ3n) is 5.06. The molecule has 136 valence electrons. The zero-order valence-corrected chi connectivity index (χ0v) is 14.4. The third-order valence-corrected chi connectivity index (χ3v) is 5.06. The lowest BCUT2D eigenvalue weighted by Gasteiger charge is -2.20. The Labute approximate surface area is 151 Å². The van der Waals surface area contributed by atoms with Gasteiger partial charge in [0, 0.05) is 17.1 Å². The maximum atomic E-state index is 12.7. The minimum atomic E-state index is -1.26. The van der Waals surface area contributed by atoms with Crippen LogP contribution in [0.15, 0.2) is 53.6 Å². The molecular formula is C20H21NO5. The highest BCUT2D eigenvalue weighted by Crippen LogP contribution is 2.45. The smallest absolute Gasteiger partial charge is 0.324 e. The van der Waals surface area contributed by atoms with Gasteiger partial charge in [-0.2, -0.15) is 0 Å². The van der Waals surface area contributed by atoms with E-state index in [1.165, 1.54) is 6.92 Å². The molecule has 0 bridgehead atoms. The van der Waals surface area contributed by atoms with Gasteiger partial charge in [-0.3, -0.25) is 14.4 Å². The van der Waals surface area contributed by atoms with Crippen LogP contribution in [-0.4, -0.2) is 35.0 Å². The molecule has 0 amide bonds. The summed E-state index contributed by atoms with van der Waals surface area (Å²) in [5, 5.41) is 8.91. The molecule has 6 heteroatoms. The summed E-state index contributed by atoms with van der Waals surface area (Å²) in [6.07, 6.45) is 3.95. The highest BCUT2D eigenvalue weighted by molar-refractivity contribution is 6.10. The van der Waals surface area contributed by atoms with E-state index in [1.54, 1.807) is 18.2 Å². The van der Waals surface area contributed by atoms with E-state index < -0.39 is 30.0 Å². The number of Topliss-reactive ketones (excluding diaryl/α,β-unsaturated/α-hetero) is 1. The molecule has 0 radical (unpaired) electrons. The summed E-state index contributed by atoms with van der Waals surface area (Å²) in [5.74, 6) is -2.27. The van der Waals surface area contributed by atoms with Gasteiger partial charge in [0.2, 0.25) is 0 Å². The number of rotatable bonds is 6. The van der Waals surface area contributed by atoms with Crippen molar-refractivity contribution in [3.63, 3.8) is 0 Å². The molecule has 26 heavy (non-hydrogen) atoms. The van der Waals surface area contributed by atoms with Gasteiger partial charge < -0.3 is 15.6 Å². The Kier molecular flexibility index (Phi) is 5.04. The van der Waals surface area contributed by atoms with E-state index >= 15 is 0 Å². The Morgan fingerprint density at radius 3 is 2.50 bits per heavy atom. The number of benzene rings is 1. The van der Waals surface area contributed by atoms with Crippen LogP contribution in [0.1, 0.15) is 30.1 Å². The standard InChI is InChI=1S/C20H21NO5/c1-11(17(21)19(23)24)26-20(25)16-10-8-13-14(16)7-9-15(13)18(22)12-5-3-2-4-6-12/h2-7,9,11,13,16-17H,8,10,21H2,1H3,(H,23,24)/t11-,13?,16?,17?/m1/s1. The molecule has 0 aromatic heterocycles. The van der Waals surface area contributed by atoms with Gasteiger partial charge in [-0.25, -0.2) is 0 Å². The minimum Gasteiger partial charge on any atom is -0.480 e. The lowest BCUT2D eigenvalue weighted by atomic mass is 9.90. The fraction of sp³-hybridized carbons (Fsp3) is 0.350. The Morgan fingerprint density at radius 1 is 1.15 bits per heavy atom. The van der Waals surface area contributed by atoms with Crippen molar-refractivity contribution in [3.05, 3.63) is 59.2 Å². The van der Waals surface area contributed by atoms with Crippen molar-refractivity contribution in [1.29, 1.82) is 0 Å². The second-order valence-electron chi connectivity index (χ2n) is 6.67. The van der Waals surface area contributed by atoms with Crippen LogP contribution in [0.5, 0.6) is 0 Å². The normalized spacial score (nSPS) is 23.5. The quantitative estimate of drug-likeness (QED) is 0.598. The number of carboxylic acids is 1. The fourth-order valence-corrected chi connectivity index (χ4v) is 3.56. The summed E-state index contributed by atoms with van der Waals surface area (Å²) in [7, 11) is 0. The van der Waals surface area contributed by atoms with E-state index in [1.807, 2.05) is 24.3 Å². The molecule has 4 atom stereocenters. The first-order chi connectivity index (χ1) is 12.4. The van der Waals surface area contributed by atoms with Gasteiger partial charge in [0.25, 0.3) is 0 Å². The number of carboxylic acid groups (broad SMARTS) is 1. The lowest BCUT2D eigenvalue weighted by molar-refractivity contribution is -0.156. The van der Waals surface area contributed by atoms with Crippen LogP contribution in [0.2, 0.25) is 0 Å². The van der Waals surface area contributed by atoms with Gasteiger partial charge in [0.05, 0.1) is 5.92 Å². The van der Waals surface area contributed by atoms with Crippen molar-refractivity contribution in [3.8, 4) is 0 Å². The van der Waals surface area contributed by atoms with Crippen molar-refractivity contribution in [2.24, 2.45) is 17.6 Å². The monoisotopic (exact) mass is 355 g/mol. The topological polar surface area (TPSA) is 107 Å². The van der Waals surface area contributed by atoms with E-state index in [0.29, 0.717) is 24.0 Å². The molecule has 6 nitrogen and oxygen atoms in total. The molecule has 0 heterocycles. The number of fused-ring (bicyclic) bond motifs is 1. The highest BCUT2D eigenvalue weighted by atomic mass is 16.5. The average molecular weight is 355 g/mol. The average Bonchev–Trinajstić information content (AvgIpc) is 3.22. The van der Waals surface area contributed by atoms with Gasteiger partial charge in [-0.1, -0.05) is 42.5 Å². The van der Waals surface area contributed by atoms with Gasteiger partial charge in [0.1, 0.15) is 12.1 Å². The Balaban J connectivity index is 1.67. The molecule has 1 aromatic rings. The van der Waals surface area contributed by atoms with Gasteiger partial charge >= 0.3 is 11.9 Å². The van der Waals surface area contributed by atoms with Crippen LogP contribution in [0.4, 0.5) is 0 Å². The van der Waals surface area contributed by atoms with E-state index in [9.17, 15) is 14.4 Å². The molecular weight excluding hydrogens is 334 g/mol. The molecule has 1 aromatic carbocycles. The summed E-state index contributed by atoms with van der Waals surface area (Å²) < 4.78 is 5.25. The Bertz CT molecular complexity index is 796. The van der Waals surface area contributed by atoms with E-state index in [-0.39, 0.29) is 11.7 Å². The first-order valence-electron chi connectivity index (χ1n) is 8.60. The maximum absolute atomic E-state index is 12.7. The van der Waals surface area contributed by atoms with Crippen molar-refractivity contribution in [2.75, 3.05) is 0 Å². The molecule has 0 spiro atoms. The summed E-state index contributed by atoms with van der Waals surface area (Å²) in [6.45, 7) is 1.47. The van der Waals surface area contributed by atoms with Gasteiger partial charge in [0.15, 0.2) is 5.78 Å². The first kappa shape index (κ1) is 18.1. The van der Waals surface area contributed by atoms with E-state index in [0.717, 1.165) is 5.57 Å². The SMILES string of the molecule is C[C@@H](OC(=O)C1CCC2C(C(=O)c3ccccc3)=CC=C12)C(N)C(=O)O. The molecule has 0 aliphatic heterocycles. The molecule has 1 saturated carbocycles. The molecule has 3 unspecified atom stereocenters. The summed E-state index contributed by atoms with van der Waals surface area (Å²) >= 11 is 0. The van der Waals surface area contributed by atoms with E-state index in [4.69, 9.17) is 15.6 Å². The zero-order valence-electron chi connectivity index (χ0n) is 14.4. The van der Waals surface area contributed by atoms with Crippen molar-refractivity contribution in [1.82, 2.24) is 0 Å². The Hall–Kier alpha value is -2.73. The fourth-order valence-electron chi connectivity index (χ4n) is 3.56. The largest absolute Gasteiger partial charge is 0.480 e. The number of carbonyl (C=O) groups is 3. The van der Waals surface area contributed by atoms with Crippen LogP contribution < -0.4 is 5.73 Å². The summed E-state index contributed by atoms with van der Waals surface area (Å²) in [6, 6.07) is 7.78. The second kappa shape index (κ2) is 7.25. The van der Waals surface area contributed by atoms with Crippen molar-refractivity contribution >= 4 is 17.7 Å². The highest BCUT2D eigenvalue weighted by Gasteiger charge is 2.42. The number of ether oxygens (including phenoxy) is 1. The molecule has 2 aliphatic rings. The number of nitrogens with two attached hydrogens (primary N) is 1. The number of hydrogen-bond donors (Lipinski definition) is 2. The predicted molar refractivity (Wildman–Crippen MR) is 94.3 cm³/mol. The Morgan fingerprint density at radius 2 is 1.85 bits per heavy atom. The van der Waals surface area contributed by atoms with Gasteiger partial charge in [-0.15, -0.1) is 0 Å². The number of esters is 1. The molecule has 3 N–H and O–H groups in total. The number of allylic oxidation sites excluding steroid dienone is 3. The zero-order chi connectivity index (χ0) is 18.8. The lowest BCUT2D eigenvalue weighted by Crippen LogP contribution is -2.43. The van der Waals surface area contributed by atoms with Crippen LogP contribution in [0.25, 0.3) is 0 Å². The van der Waals surface area contributed by atoms with Gasteiger partial charge in [-0.05, 0) is 25.3 Å². The molecule has 2 aliphatic carbocycles. The van der Waals surface area contributed by atoms with Crippen LogP contribution >= 0.6 is 0 Å². The summed E-state index contributed by atoms with van der Waals surface area (Å²) in [5.41, 5.74) is 7.68. The minimum absolute atomic E-state index is 0.0304. The molecule has 1 fully saturated rings. The second-order valence-corrected chi connectivity index (χ2v) is 6.67. The predicted octanol–water partition coefficient (Wildman–Crippen LogP) is 2.11. The number of ketones is 1. The molecule has 0 saturated heterocycles.